The molecule has 23 heavy (non-hydrogen) atoms. The molecule has 1 N–H and O–H groups in total. The lowest BCUT2D eigenvalue weighted by atomic mass is 9.98. The van der Waals surface area contributed by atoms with Crippen LogP contribution in [0.15, 0.2) is 30.6 Å². The Morgan fingerprint density at radius 2 is 1.61 bits per heavy atom. The number of benzene rings is 1. The summed E-state index contributed by atoms with van der Waals surface area (Å²) in [6.45, 7) is 0. The molecule has 0 spiro atoms. The van der Waals surface area contributed by atoms with Crippen LogP contribution in [-0.2, 0) is 12.4 Å². The van der Waals surface area contributed by atoms with E-state index in [-0.39, 0.29) is 5.56 Å². The number of aromatic hydroxyl groups is 1. The highest BCUT2D eigenvalue weighted by atomic mass is 19.4. The lowest BCUT2D eigenvalue weighted by Gasteiger charge is -2.14. The molecule has 0 aliphatic heterocycles. The van der Waals surface area contributed by atoms with Gasteiger partial charge in [-0.05, 0) is 18.2 Å². The van der Waals surface area contributed by atoms with Gasteiger partial charge in [-0.2, -0.15) is 31.6 Å². The van der Waals surface area contributed by atoms with Gasteiger partial charge in [-0.1, -0.05) is 0 Å². The summed E-state index contributed by atoms with van der Waals surface area (Å²) in [6, 6.07) is 3.29. The van der Waals surface area contributed by atoms with Crippen LogP contribution in [0.2, 0.25) is 0 Å². The molecule has 0 atom stereocenters. The molecule has 2 rings (SSSR count). The average Bonchev–Trinajstić information content (AvgIpc) is 2.45. The Bertz CT molecular complexity index is 789. The smallest absolute Gasteiger partial charge is 0.420 e. The highest BCUT2D eigenvalue weighted by Gasteiger charge is 2.36. The van der Waals surface area contributed by atoms with Gasteiger partial charge in [0.15, 0.2) is 0 Å². The number of hydrogen-bond acceptors (Lipinski definition) is 3. The summed E-state index contributed by atoms with van der Waals surface area (Å²) in [4.78, 5) is 3.32. The molecule has 3 nitrogen and oxygen atoms in total. The van der Waals surface area contributed by atoms with Gasteiger partial charge >= 0.3 is 12.4 Å². The van der Waals surface area contributed by atoms with Gasteiger partial charge in [0.25, 0.3) is 0 Å². The number of halogens is 6. The summed E-state index contributed by atoms with van der Waals surface area (Å²) in [7, 11) is 0. The fraction of sp³-hybridized carbons (Fsp3) is 0.143. The summed E-state index contributed by atoms with van der Waals surface area (Å²) in [6.07, 6.45) is -8.36. The van der Waals surface area contributed by atoms with Gasteiger partial charge in [-0.15, -0.1) is 0 Å². The molecule has 0 amide bonds. The van der Waals surface area contributed by atoms with Gasteiger partial charge in [0.2, 0.25) is 0 Å². The van der Waals surface area contributed by atoms with Crippen LogP contribution in [0, 0.1) is 11.3 Å². The first-order valence-corrected chi connectivity index (χ1v) is 5.91. The van der Waals surface area contributed by atoms with Crippen LogP contribution >= 0.6 is 0 Å². The van der Waals surface area contributed by atoms with Crippen molar-refractivity contribution >= 4 is 0 Å². The zero-order valence-corrected chi connectivity index (χ0v) is 11.0. The zero-order chi connectivity index (χ0) is 17.4. The summed E-state index contributed by atoms with van der Waals surface area (Å²) in [5.74, 6) is -1.27. The third-order valence-electron chi connectivity index (χ3n) is 2.92. The minimum atomic E-state index is -4.97. The molecular formula is C14H6F6N2O. The number of hydrogen-bond donors (Lipinski definition) is 1. The van der Waals surface area contributed by atoms with Crippen molar-refractivity contribution < 1.29 is 31.4 Å². The number of aromatic nitrogens is 1. The maximum absolute atomic E-state index is 12.9. The number of rotatable bonds is 1. The van der Waals surface area contributed by atoms with E-state index < -0.39 is 40.4 Å². The van der Waals surface area contributed by atoms with Gasteiger partial charge < -0.3 is 5.11 Å². The van der Waals surface area contributed by atoms with Crippen molar-refractivity contribution in [3.05, 3.63) is 47.3 Å². The van der Waals surface area contributed by atoms with Crippen molar-refractivity contribution in [2.75, 3.05) is 0 Å². The van der Waals surface area contributed by atoms with Crippen molar-refractivity contribution in [3.63, 3.8) is 0 Å². The molecule has 0 saturated carbocycles. The molecule has 0 unspecified atom stereocenters. The Kier molecular flexibility index (Phi) is 3.94. The SMILES string of the molecule is N#Cc1cc(-c2cncc(C(F)(F)F)c2)c(O)c(C(F)(F)F)c1. The van der Waals surface area contributed by atoms with Crippen molar-refractivity contribution in [1.82, 2.24) is 4.98 Å². The van der Waals surface area contributed by atoms with Crippen LogP contribution in [0.4, 0.5) is 26.3 Å². The minimum Gasteiger partial charge on any atom is -0.507 e. The van der Waals surface area contributed by atoms with Crippen molar-refractivity contribution in [2.24, 2.45) is 0 Å². The molecule has 1 aromatic carbocycles. The molecular weight excluding hydrogens is 326 g/mol. The van der Waals surface area contributed by atoms with E-state index in [4.69, 9.17) is 5.26 Å². The zero-order valence-electron chi connectivity index (χ0n) is 11.0. The average molecular weight is 332 g/mol. The second-order valence-electron chi connectivity index (χ2n) is 4.49. The van der Waals surface area contributed by atoms with Crippen LogP contribution in [0.25, 0.3) is 11.1 Å². The second-order valence-corrected chi connectivity index (χ2v) is 4.49. The number of pyridine rings is 1. The van der Waals surface area contributed by atoms with E-state index in [2.05, 4.69) is 4.98 Å². The van der Waals surface area contributed by atoms with Crippen molar-refractivity contribution in [2.45, 2.75) is 12.4 Å². The predicted octanol–water partition coefficient (Wildman–Crippen LogP) is 4.36. The third kappa shape index (κ3) is 3.36. The van der Waals surface area contributed by atoms with Gasteiger partial charge in [0.1, 0.15) is 5.75 Å². The molecule has 0 bridgehead atoms. The fourth-order valence-electron chi connectivity index (χ4n) is 1.88. The number of phenolic OH excluding ortho intramolecular Hbond substituents is 1. The van der Waals surface area contributed by atoms with Crippen LogP contribution in [0.1, 0.15) is 16.7 Å². The van der Waals surface area contributed by atoms with Gasteiger partial charge in [-0.3, -0.25) is 4.98 Å². The highest BCUT2D eigenvalue weighted by Crippen LogP contribution is 2.42. The number of nitrogens with zero attached hydrogens (tertiary/aromatic N) is 2. The standard InChI is InChI=1S/C14H6F6N2O/c15-13(16,17)9-3-8(5-22-6-9)10-1-7(4-21)2-11(12(10)23)14(18,19)20/h1-3,5-6,23H. The van der Waals surface area contributed by atoms with Gasteiger partial charge in [0, 0.05) is 23.5 Å². The van der Waals surface area contributed by atoms with E-state index in [0.717, 1.165) is 12.3 Å². The van der Waals surface area contributed by atoms with E-state index in [0.29, 0.717) is 18.3 Å². The Morgan fingerprint density at radius 1 is 0.957 bits per heavy atom. The van der Waals surface area contributed by atoms with E-state index in [1.54, 1.807) is 0 Å². The lowest BCUT2D eigenvalue weighted by Crippen LogP contribution is -2.07. The van der Waals surface area contributed by atoms with Crippen LogP contribution in [0.5, 0.6) is 5.75 Å². The minimum absolute atomic E-state index is 0.389. The quantitative estimate of drug-likeness (QED) is 0.789. The van der Waals surface area contributed by atoms with Crippen molar-refractivity contribution in [1.29, 1.82) is 5.26 Å². The summed E-state index contributed by atoms with van der Waals surface area (Å²) in [5.41, 5.74) is -4.10. The highest BCUT2D eigenvalue weighted by molar-refractivity contribution is 5.74. The molecule has 0 saturated heterocycles. The van der Waals surface area contributed by atoms with E-state index in [9.17, 15) is 31.4 Å². The summed E-state index contributed by atoms with van der Waals surface area (Å²) in [5, 5.41) is 18.5. The summed E-state index contributed by atoms with van der Waals surface area (Å²) < 4.78 is 76.6. The molecule has 1 heterocycles. The van der Waals surface area contributed by atoms with Crippen LogP contribution < -0.4 is 0 Å². The van der Waals surface area contributed by atoms with Crippen LogP contribution in [-0.4, -0.2) is 10.1 Å². The van der Waals surface area contributed by atoms with Gasteiger partial charge in [-0.25, -0.2) is 0 Å². The molecule has 0 aliphatic rings. The Morgan fingerprint density at radius 3 is 2.13 bits per heavy atom. The van der Waals surface area contributed by atoms with Crippen molar-refractivity contribution in [3.8, 4) is 22.9 Å². The molecule has 9 heteroatoms. The van der Waals surface area contributed by atoms with E-state index >= 15 is 0 Å². The lowest BCUT2D eigenvalue weighted by molar-refractivity contribution is -0.139. The number of alkyl halides is 6. The fourth-order valence-corrected chi connectivity index (χ4v) is 1.88. The van der Waals surface area contributed by atoms with E-state index in [1.807, 2.05) is 0 Å². The second kappa shape index (κ2) is 5.46. The molecule has 2 aromatic rings. The first-order valence-electron chi connectivity index (χ1n) is 5.91. The first-order chi connectivity index (χ1) is 10.5. The molecule has 0 fully saturated rings. The molecule has 0 radical (unpaired) electrons. The first kappa shape index (κ1) is 16.6. The third-order valence-corrected chi connectivity index (χ3v) is 2.92. The maximum atomic E-state index is 12.9. The number of nitriles is 1. The monoisotopic (exact) mass is 332 g/mol. The van der Waals surface area contributed by atoms with E-state index in [1.165, 1.54) is 6.07 Å². The Labute approximate surface area is 125 Å². The number of phenols is 1. The molecule has 1 aromatic heterocycles. The van der Waals surface area contributed by atoms with Gasteiger partial charge in [0.05, 0.1) is 22.8 Å². The maximum Gasteiger partial charge on any atom is 0.420 e. The molecule has 120 valence electrons. The summed E-state index contributed by atoms with van der Waals surface area (Å²) >= 11 is 0. The topological polar surface area (TPSA) is 56.9 Å². The predicted molar refractivity (Wildman–Crippen MR) is 66.1 cm³/mol. The Balaban J connectivity index is 2.72. The molecule has 0 aliphatic carbocycles. The van der Waals surface area contributed by atoms with Crippen LogP contribution in [0.3, 0.4) is 0 Å². The Hall–Kier alpha value is -2.76. The normalized spacial score (nSPS) is 12.0. The largest absolute Gasteiger partial charge is 0.507 e.